The maximum absolute atomic E-state index is 13.7. The number of ether oxygens (including phenoxy) is 2. The zero-order chi connectivity index (χ0) is 24.5. The number of para-hydroxylation sites is 1. The first kappa shape index (κ1) is 23.0. The van der Waals surface area contributed by atoms with Crippen molar-refractivity contribution >= 4 is 23.4 Å². The van der Waals surface area contributed by atoms with Gasteiger partial charge in [-0.25, -0.2) is 0 Å². The molecule has 5 rings (SSSR count). The Morgan fingerprint density at radius 1 is 1.06 bits per heavy atom. The van der Waals surface area contributed by atoms with Gasteiger partial charge in [-0.05, 0) is 50.3 Å². The van der Waals surface area contributed by atoms with Gasteiger partial charge in [0.2, 0.25) is 5.91 Å². The van der Waals surface area contributed by atoms with Gasteiger partial charge in [-0.3, -0.25) is 19.3 Å². The molecule has 0 aromatic heterocycles. The maximum Gasteiger partial charge on any atom is 0.264 e. The predicted molar refractivity (Wildman–Crippen MR) is 131 cm³/mol. The molecule has 2 aliphatic heterocycles. The minimum atomic E-state index is -0.744. The van der Waals surface area contributed by atoms with Crippen molar-refractivity contribution in [2.45, 2.75) is 38.3 Å². The molecule has 2 aromatic rings. The van der Waals surface area contributed by atoms with Crippen LogP contribution < -0.4 is 19.7 Å². The molecule has 0 saturated heterocycles. The molecule has 1 aliphatic carbocycles. The molecule has 0 saturated carbocycles. The molecule has 1 N–H and O–H groups in total. The number of nitrogens with zero attached hydrogens (tertiary/aromatic N) is 2. The molecule has 3 aliphatic rings. The standard InChI is InChI=1S/C27H29N3O5/c1-34-21-13-12-19-23(24(21)35-2)27(33)30-20-11-7-6-10-18(20)26(32)29(25(19)30)16-22(31)28-15-14-17-8-4-3-5-9-17/h6-8,10-13,25H,3-5,9,14-16H2,1-2H3,(H,28,31). The van der Waals surface area contributed by atoms with E-state index in [0.717, 1.165) is 19.3 Å². The fraction of sp³-hybridized carbons (Fsp3) is 0.370. The number of hydrogen-bond donors (Lipinski definition) is 1. The van der Waals surface area contributed by atoms with Gasteiger partial charge in [-0.2, -0.15) is 0 Å². The van der Waals surface area contributed by atoms with Gasteiger partial charge in [0.15, 0.2) is 11.5 Å². The summed E-state index contributed by atoms with van der Waals surface area (Å²) >= 11 is 0. The summed E-state index contributed by atoms with van der Waals surface area (Å²) in [6.45, 7) is 0.368. The van der Waals surface area contributed by atoms with E-state index in [9.17, 15) is 14.4 Å². The molecule has 182 valence electrons. The average Bonchev–Trinajstić information content (AvgIpc) is 3.19. The highest BCUT2D eigenvalue weighted by Gasteiger charge is 2.50. The van der Waals surface area contributed by atoms with Crippen molar-refractivity contribution in [3.8, 4) is 11.5 Å². The Labute approximate surface area is 204 Å². The van der Waals surface area contributed by atoms with Crippen LogP contribution in [0.3, 0.4) is 0 Å². The molecule has 1 unspecified atom stereocenters. The number of anilines is 1. The van der Waals surface area contributed by atoms with Crippen molar-refractivity contribution in [1.29, 1.82) is 0 Å². The highest BCUT2D eigenvalue weighted by Crippen LogP contribution is 2.49. The van der Waals surface area contributed by atoms with E-state index < -0.39 is 6.17 Å². The lowest BCUT2D eigenvalue weighted by Gasteiger charge is -2.40. The van der Waals surface area contributed by atoms with E-state index in [1.165, 1.54) is 37.5 Å². The zero-order valence-electron chi connectivity index (χ0n) is 20.0. The molecule has 8 nitrogen and oxygen atoms in total. The van der Waals surface area contributed by atoms with Crippen molar-refractivity contribution in [2.24, 2.45) is 0 Å². The van der Waals surface area contributed by atoms with Crippen molar-refractivity contribution in [2.75, 3.05) is 32.2 Å². The van der Waals surface area contributed by atoms with E-state index in [1.807, 2.05) is 0 Å². The minimum Gasteiger partial charge on any atom is -0.493 e. The molecular formula is C27H29N3O5. The number of methoxy groups -OCH3 is 2. The zero-order valence-corrected chi connectivity index (χ0v) is 20.0. The Kier molecular flexibility index (Phi) is 6.19. The van der Waals surface area contributed by atoms with Crippen LogP contribution in [0.5, 0.6) is 11.5 Å². The molecule has 3 amide bonds. The summed E-state index contributed by atoms with van der Waals surface area (Å²) in [6.07, 6.45) is 6.94. The van der Waals surface area contributed by atoms with E-state index >= 15 is 0 Å². The monoisotopic (exact) mass is 475 g/mol. The number of amides is 3. The number of carbonyl (C=O) groups is 3. The summed E-state index contributed by atoms with van der Waals surface area (Å²) in [5.41, 5.74) is 3.23. The van der Waals surface area contributed by atoms with E-state index in [4.69, 9.17) is 9.47 Å². The first-order valence-corrected chi connectivity index (χ1v) is 12.0. The van der Waals surface area contributed by atoms with E-state index in [2.05, 4.69) is 11.4 Å². The van der Waals surface area contributed by atoms with E-state index in [-0.39, 0.29) is 24.3 Å². The van der Waals surface area contributed by atoms with E-state index in [1.54, 1.807) is 41.3 Å². The first-order chi connectivity index (χ1) is 17.0. The molecule has 8 heteroatoms. The van der Waals surface area contributed by atoms with Crippen LogP contribution in [0.25, 0.3) is 0 Å². The SMILES string of the molecule is COc1ccc2c(c1OC)C(=O)N1c3ccccc3C(=O)N(CC(=O)NCCC3=CCCCC3)C21. The molecule has 2 aromatic carbocycles. The summed E-state index contributed by atoms with van der Waals surface area (Å²) in [6, 6.07) is 10.5. The Morgan fingerprint density at radius 3 is 2.63 bits per heavy atom. The summed E-state index contributed by atoms with van der Waals surface area (Å²) in [5.74, 6) is -0.0897. The molecule has 2 heterocycles. The summed E-state index contributed by atoms with van der Waals surface area (Å²) in [7, 11) is 2.99. The van der Waals surface area contributed by atoms with Crippen molar-refractivity contribution in [1.82, 2.24) is 10.2 Å². The lowest BCUT2D eigenvalue weighted by Crippen LogP contribution is -2.51. The van der Waals surface area contributed by atoms with Crippen LogP contribution in [0.2, 0.25) is 0 Å². The van der Waals surface area contributed by atoms with Crippen molar-refractivity contribution in [3.05, 3.63) is 64.7 Å². The quantitative estimate of drug-likeness (QED) is 0.615. The largest absolute Gasteiger partial charge is 0.493 e. The Bertz CT molecular complexity index is 1220. The molecule has 0 bridgehead atoms. The van der Waals surface area contributed by atoms with Crippen molar-refractivity contribution in [3.63, 3.8) is 0 Å². The molecular weight excluding hydrogens is 446 g/mol. The van der Waals surface area contributed by atoms with Gasteiger partial charge in [0.25, 0.3) is 11.8 Å². The van der Waals surface area contributed by atoms with Crippen LogP contribution >= 0.6 is 0 Å². The Morgan fingerprint density at radius 2 is 1.89 bits per heavy atom. The van der Waals surface area contributed by atoms with Crippen LogP contribution in [-0.2, 0) is 4.79 Å². The van der Waals surface area contributed by atoms with Gasteiger partial charge < -0.3 is 19.7 Å². The predicted octanol–water partition coefficient (Wildman–Crippen LogP) is 3.83. The molecule has 0 spiro atoms. The number of benzene rings is 2. The van der Waals surface area contributed by atoms with Gasteiger partial charge in [0.05, 0.1) is 31.0 Å². The third-order valence-corrected chi connectivity index (χ3v) is 6.95. The maximum atomic E-state index is 13.7. The van der Waals surface area contributed by atoms with Crippen LogP contribution in [0.1, 0.15) is 64.5 Å². The lowest BCUT2D eigenvalue weighted by molar-refractivity contribution is -0.122. The Hall–Kier alpha value is -3.81. The highest BCUT2D eigenvalue weighted by atomic mass is 16.5. The average molecular weight is 476 g/mol. The van der Waals surface area contributed by atoms with Crippen LogP contribution in [0, 0.1) is 0 Å². The second kappa shape index (κ2) is 9.44. The van der Waals surface area contributed by atoms with Gasteiger partial charge in [0.1, 0.15) is 12.7 Å². The number of hydrogen-bond acceptors (Lipinski definition) is 5. The van der Waals surface area contributed by atoms with E-state index in [0.29, 0.717) is 40.4 Å². The molecule has 0 radical (unpaired) electrons. The topological polar surface area (TPSA) is 88.2 Å². The van der Waals surface area contributed by atoms with Crippen LogP contribution in [0.4, 0.5) is 5.69 Å². The van der Waals surface area contributed by atoms with Crippen LogP contribution in [0.15, 0.2) is 48.0 Å². The van der Waals surface area contributed by atoms with Crippen molar-refractivity contribution < 1.29 is 23.9 Å². The summed E-state index contributed by atoms with van der Waals surface area (Å²) in [4.78, 5) is 43.2. The summed E-state index contributed by atoms with van der Waals surface area (Å²) in [5, 5.41) is 2.96. The fourth-order valence-corrected chi connectivity index (χ4v) is 5.29. The molecule has 35 heavy (non-hydrogen) atoms. The normalized spacial score (nSPS) is 18.5. The molecule has 1 atom stereocenters. The Balaban J connectivity index is 1.46. The van der Waals surface area contributed by atoms with Gasteiger partial charge >= 0.3 is 0 Å². The number of rotatable bonds is 7. The number of nitrogens with one attached hydrogen (secondary N) is 1. The summed E-state index contributed by atoms with van der Waals surface area (Å²) < 4.78 is 10.9. The van der Waals surface area contributed by atoms with Crippen LogP contribution in [-0.4, -0.2) is 49.9 Å². The van der Waals surface area contributed by atoms with Gasteiger partial charge in [-0.15, -0.1) is 0 Å². The highest BCUT2D eigenvalue weighted by molar-refractivity contribution is 6.18. The van der Waals surface area contributed by atoms with Gasteiger partial charge in [-0.1, -0.05) is 29.8 Å². The second-order valence-corrected chi connectivity index (χ2v) is 8.97. The first-order valence-electron chi connectivity index (χ1n) is 12.0. The smallest absolute Gasteiger partial charge is 0.264 e. The third-order valence-electron chi connectivity index (χ3n) is 6.95. The second-order valence-electron chi connectivity index (χ2n) is 8.97. The number of carbonyl (C=O) groups excluding carboxylic acids is 3. The fourth-order valence-electron chi connectivity index (χ4n) is 5.29. The number of allylic oxidation sites excluding steroid dienone is 1. The number of fused-ring (bicyclic) bond motifs is 5. The molecule has 0 fully saturated rings. The minimum absolute atomic E-state index is 0.158. The lowest BCUT2D eigenvalue weighted by atomic mass is 9.97. The third kappa shape index (κ3) is 3.92. The van der Waals surface area contributed by atoms with Gasteiger partial charge in [0, 0.05) is 12.1 Å².